The number of fused-ring (bicyclic) bond motifs is 1. The van der Waals surface area contributed by atoms with Crippen LogP contribution < -0.4 is 4.74 Å². The van der Waals surface area contributed by atoms with E-state index < -0.39 is 29.6 Å². The van der Waals surface area contributed by atoms with Gasteiger partial charge in [-0.3, -0.25) is 4.79 Å². The Bertz CT molecular complexity index is 781. The molecule has 2 rings (SSSR count). The lowest BCUT2D eigenvalue weighted by molar-refractivity contribution is -0.274. The molecule has 5 nitrogen and oxygen atoms in total. The highest BCUT2D eigenvalue weighted by atomic mass is 19.4. The Morgan fingerprint density at radius 2 is 1.81 bits per heavy atom. The molecule has 0 atom stereocenters. The highest BCUT2D eigenvalue weighted by molar-refractivity contribution is 6.11. The molecule has 1 N–H and O–H groups in total. The van der Waals surface area contributed by atoms with Gasteiger partial charge >= 0.3 is 12.5 Å². The van der Waals surface area contributed by atoms with Crippen LogP contribution in [0, 0.1) is 0 Å². The molecule has 1 heterocycles. The van der Waals surface area contributed by atoms with E-state index in [1.807, 2.05) is 0 Å². The summed E-state index contributed by atoms with van der Waals surface area (Å²) >= 11 is 0. The third-order valence-corrected chi connectivity index (χ3v) is 3.30. The van der Waals surface area contributed by atoms with Gasteiger partial charge < -0.3 is 19.1 Å². The summed E-state index contributed by atoms with van der Waals surface area (Å²) in [5.41, 5.74) is -1.10. The van der Waals surface area contributed by atoms with Gasteiger partial charge in [-0.1, -0.05) is 12.1 Å². The predicted molar refractivity (Wildman–Crippen MR) is 76.9 cm³/mol. The number of carbonyl (C=O) groups is 1. The first-order chi connectivity index (χ1) is 12.0. The van der Waals surface area contributed by atoms with Gasteiger partial charge in [-0.2, -0.15) is 13.2 Å². The van der Waals surface area contributed by atoms with E-state index in [4.69, 9.17) is 9.84 Å². The second-order valence-corrected chi connectivity index (χ2v) is 5.10. The van der Waals surface area contributed by atoms with E-state index in [0.717, 1.165) is 29.0 Å². The maximum atomic E-state index is 12.8. The van der Waals surface area contributed by atoms with E-state index in [1.54, 1.807) is 0 Å². The Kier molecular flexibility index (Phi) is 5.81. The van der Waals surface area contributed by atoms with Crippen LogP contribution in [-0.2, 0) is 11.3 Å². The summed E-state index contributed by atoms with van der Waals surface area (Å²) in [6.07, 6.45) is -9.44. The molecule has 0 saturated heterocycles. The largest absolute Gasteiger partial charge is 0.573 e. The Hall–Kier alpha value is -2.27. The minimum absolute atomic E-state index is 0.0561. The van der Waals surface area contributed by atoms with E-state index >= 15 is 0 Å². The number of ether oxygens (including phenoxy) is 2. The smallest absolute Gasteiger partial charge is 0.404 e. The number of para-hydroxylation sites is 1. The van der Waals surface area contributed by atoms with Crippen molar-refractivity contribution in [3.8, 4) is 5.75 Å². The van der Waals surface area contributed by atoms with Gasteiger partial charge in [0.2, 0.25) is 0 Å². The van der Waals surface area contributed by atoms with Crippen LogP contribution >= 0.6 is 0 Å². The third-order valence-electron chi connectivity index (χ3n) is 3.30. The maximum absolute atomic E-state index is 12.8. The first-order valence-corrected chi connectivity index (χ1v) is 7.22. The van der Waals surface area contributed by atoms with Crippen molar-refractivity contribution in [2.45, 2.75) is 19.1 Å². The standard InChI is InChI=1S/C15H13F6NO4/c16-14(17,18)13(24)10-8-22(4-6-25-7-5-23)12-9(10)2-1-3-11(12)26-15(19,20)21/h1-3,8,23H,4-7H2. The Morgan fingerprint density at radius 1 is 1.12 bits per heavy atom. The molecule has 0 bridgehead atoms. The summed E-state index contributed by atoms with van der Waals surface area (Å²) in [6, 6.07) is 3.09. The number of rotatable bonds is 7. The Balaban J connectivity index is 2.54. The summed E-state index contributed by atoms with van der Waals surface area (Å²) in [4.78, 5) is 11.6. The molecule has 0 saturated carbocycles. The third kappa shape index (κ3) is 4.67. The number of aliphatic hydroxyl groups excluding tert-OH is 1. The van der Waals surface area contributed by atoms with Gasteiger partial charge in [-0.15, -0.1) is 13.2 Å². The predicted octanol–water partition coefficient (Wildman–Crippen LogP) is 3.29. The van der Waals surface area contributed by atoms with Gasteiger partial charge in [0.15, 0.2) is 5.75 Å². The molecule has 0 aliphatic heterocycles. The van der Waals surface area contributed by atoms with Crippen LogP contribution in [0.5, 0.6) is 5.75 Å². The molecular weight excluding hydrogens is 372 g/mol. The molecule has 0 amide bonds. The second kappa shape index (κ2) is 7.54. The number of carbonyl (C=O) groups excluding carboxylic acids is 1. The number of aromatic nitrogens is 1. The van der Waals surface area contributed by atoms with Crippen molar-refractivity contribution in [3.63, 3.8) is 0 Å². The number of hydrogen-bond acceptors (Lipinski definition) is 4. The molecule has 2 aromatic rings. The zero-order valence-corrected chi connectivity index (χ0v) is 13.0. The molecule has 0 radical (unpaired) electrons. The van der Waals surface area contributed by atoms with Crippen LogP contribution in [0.1, 0.15) is 10.4 Å². The number of benzene rings is 1. The van der Waals surface area contributed by atoms with Crippen molar-refractivity contribution in [3.05, 3.63) is 30.0 Å². The van der Waals surface area contributed by atoms with Crippen molar-refractivity contribution in [2.75, 3.05) is 19.8 Å². The molecule has 0 spiro atoms. The summed E-state index contributed by atoms with van der Waals surface area (Å²) in [5.74, 6) is -2.92. The van der Waals surface area contributed by atoms with Crippen LogP contribution in [0.3, 0.4) is 0 Å². The van der Waals surface area contributed by atoms with Crippen molar-refractivity contribution < 1.29 is 45.7 Å². The van der Waals surface area contributed by atoms with Crippen LogP contribution in [-0.4, -0.2) is 47.8 Å². The molecule has 0 aliphatic rings. The SMILES string of the molecule is O=C(c1cn(CCOCCO)c2c(OC(F)(F)F)cccc12)C(F)(F)F. The number of Topliss-reactive ketones (excluding diaryl/α,β-unsaturated/α-hetero) is 1. The summed E-state index contributed by atoms with van der Waals surface area (Å²) in [6.45, 7) is -0.615. The molecule has 0 unspecified atom stereocenters. The fourth-order valence-corrected chi connectivity index (χ4v) is 2.37. The first-order valence-electron chi connectivity index (χ1n) is 7.22. The number of hydrogen-bond donors (Lipinski definition) is 1. The summed E-state index contributed by atoms with van der Waals surface area (Å²) in [7, 11) is 0. The van der Waals surface area contributed by atoms with Gasteiger partial charge in [0.25, 0.3) is 5.78 Å². The van der Waals surface area contributed by atoms with E-state index in [2.05, 4.69) is 4.74 Å². The molecule has 144 valence electrons. The number of alkyl halides is 6. The number of halogens is 6. The van der Waals surface area contributed by atoms with Gasteiger partial charge in [0.05, 0.1) is 30.9 Å². The lowest BCUT2D eigenvalue weighted by Gasteiger charge is -2.13. The van der Waals surface area contributed by atoms with Gasteiger partial charge in [0.1, 0.15) is 0 Å². The number of aliphatic hydroxyl groups is 1. The van der Waals surface area contributed by atoms with Crippen molar-refractivity contribution in [2.24, 2.45) is 0 Å². The summed E-state index contributed by atoms with van der Waals surface area (Å²) < 4.78 is 85.9. The molecule has 1 aromatic heterocycles. The molecule has 0 fully saturated rings. The minimum Gasteiger partial charge on any atom is -0.404 e. The van der Waals surface area contributed by atoms with E-state index in [1.165, 1.54) is 0 Å². The fraction of sp³-hybridized carbons (Fsp3) is 0.400. The van der Waals surface area contributed by atoms with Gasteiger partial charge in [-0.25, -0.2) is 0 Å². The minimum atomic E-state index is -5.19. The number of ketones is 1. The van der Waals surface area contributed by atoms with Crippen LogP contribution in [0.4, 0.5) is 26.3 Å². The monoisotopic (exact) mass is 385 g/mol. The molecular formula is C15H13F6NO4. The first kappa shape index (κ1) is 20.0. The van der Waals surface area contributed by atoms with Crippen LogP contribution in [0.2, 0.25) is 0 Å². The van der Waals surface area contributed by atoms with Crippen molar-refractivity contribution in [1.29, 1.82) is 0 Å². The Labute approximate surface area is 142 Å². The Morgan fingerprint density at radius 3 is 2.38 bits per heavy atom. The lowest BCUT2D eigenvalue weighted by Crippen LogP contribution is -2.22. The normalized spacial score (nSPS) is 12.6. The quantitative estimate of drug-likeness (QED) is 0.452. The highest BCUT2D eigenvalue weighted by Crippen LogP contribution is 2.35. The highest BCUT2D eigenvalue weighted by Gasteiger charge is 2.41. The average Bonchev–Trinajstić information content (AvgIpc) is 2.88. The van der Waals surface area contributed by atoms with E-state index in [9.17, 15) is 31.1 Å². The maximum Gasteiger partial charge on any atom is 0.573 e. The zero-order valence-electron chi connectivity index (χ0n) is 13.0. The topological polar surface area (TPSA) is 60.7 Å². The lowest BCUT2D eigenvalue weighted by atomic mass is 10.1. The van der Waals surface area contributed by atoms with Crippen LogP contribution in [0.25, 0.3) is 10.9 Å². The molecule has 0 aliphatic carbocycles. The summed E-state index contributed by atoms with van der Waals surface area (Å²) in [5, 5.41) is 8.30. The van der Waals surface area contributed by atoms with Crippen LogP contribution in [0.15, 0.2) is 24.4 Å². The van der Waals surface area contributed by atoms with Crippen molar-refractivity contribution >= 4 is 16.7 Å². The van der Waals surface area contributed by atoms with Gasteiger partial charge in [0, 0.05) is 18.1 Å². The zero-order chi connectivity index (χ0) is 19.5. The van der Waals surface area contributed by atoms with Gasteiger partial charge in [-0.05, 0) is 6.07 Å². The van der Waals surface area contributed by atoms with E-state index in [0.29, 0.717) is 0 Å². The average molecular weight is 385 g/mol. The van der Waals surface area contributed by atoms with Crippen molar-refractivity contribution in [1.82, 2.24) is 4.57 Å². The molecule has 26 heavy (non-hydrogen) atoms. The van der Waals surface area contributed by atoms with E-state index in [-0.39, 0.29) is 37.3 Å². The fourth-order valence-electron chi connectivity index (χ4n) is 2.37. The second-order valence-electron chi connectivity index (χ2n) is 5.10. The number of nitrogens with zero attached hydrogens (tertiary/aromatic N) is 1. The molecule has 1 aromatic carbocycles. The molecule has 11 heteroatoms.